The Kier molecular flexibility index (Phi) is 2.19. The average Bonchev–Trinajstić information content (AvgIpc) is 2.27. The van der Waals surface area contributed by atoms with Gasteiger partial charge in [0.05, 0.1) is 19.0 Å². The van der Waals surface area contributed by atoms with E-state index in [0.717, 1.165) is 17.8 Å². The molecule has 0 saturated carbocycles. The number of nitrogens with zero attached hydrogens (tertiary/aromatic N) is 2. The van der Waals surface area contributed by atoms with Crippen LogP contribution < -0.4 is 0 Å². The molecule has 1 saturated heterocycles. The van der Waals surface area contributed by atoms with E-state index in [9.17, 15) is 0 Å². The third kappa shape index (κ3) is 1.41. The van der Waals surface area contributed by atoms with E-state index in [2.05, 4.69) is 32.4 Å². The van der Waals surface area contributed by atoms with E-state index in [4.69, 9.17) is 4.74 Å². The summed E-state index contributed by atoms with van der Waals surface area (Å²) in [5.74, 6) is 0. The lowest BCUT2D eigenvalue weighted by Crippen LogP contribution is -2.31. The molecule has 4 heteroatoms. The van der Waals surface area contributed by atoms with Crippen molar-refractivity contribution < 1.29 is 4.74 Å². The van der Waals surface area contributed by atoms with Gasteiger partial charge in [-0.05, 0) is 29.3 Å². The highest BCUT2D eigenvalue weighted by Gasteiger charge is 2.19. The van der Waals surface area contributed by atoms with Crippen molar-refractivity contribution in [1.82, 2.24) is 9.55 Å². The zero-order chi connectivity index (χ0) is 8.55. The minimum atomic E-state index is 0.407. The lowest BCUT2D eigenvalue weighted by molar-refractivity contribution is -0.0594. The third-order valence-electron chi connectivity index (χ3n) is 2.23. The SMILES string of the molecule is Cc1c(Br)ncn1C[C@@H]1CCO1. The Balaban J connectivity index is 2.06. The Morgan fingerprint density at radius 1 is 1.83 bits per heavy atom. The van der Waals surface area contributed by atoms with E-state index in [1.165, 1.54) is 12.1 Å². The first-order chi connectivity index (χ1) is 5.77. The Morgan fingerprint density at radius 3 is 3.00 bits per heavy atom. The van der Waals surface area contributed by atoms with Gasteiger partial charge in [0.1, 0.15) is 4.60 Å². The average molecular weight is 231 g/mol. The smallest absolute Gasteiger partial charge is 0.126 e. The largest absolute Gasteiger partial charge is 0.376 e. The second-order valence-corrected chi connectivity index (χ2v) is 3.81. The molecule has 0 amide bonds. The quantitative estimate of drug-likeness (QED) is 0.775. The Labute approximate surface area is 79.9 Å². The van der Waals surface area contributed by atoms with Gasteiger partial charge in [-0.15, -0.1) is 0 Å². The van der Waals surface area contributed by atoms with Gasteiger partial charge in [-0.3, -0.25) is 0 Å². The molecule has 0 aromatic carbocycles. The van der Waals surface area contributed by atoms with Crippen molar-refractivity contribution in [3.63, 3.8) is 0 Å². The van der Waals surface area contributed by atoms with E-state index < -0.39 is 0 Å². The second kappa shape index (κ2) is 3.18. The molecule has 1 aliphatic heterocycles. The van der Waals surface area contributed by atoms with Crippen molar-refractivity contribution in [3.05, 3.63) is 16.6 Å². The summed E-state index contributed by atoms with van der Waals surface area (Å²) < 4.78 is 8.39. The highest BCUT2D eigenvalue weighted by molar-refractivity contribution is 9.10. The molecular formula is C8H11BrN2O. The fourth-order valence-corrected chi connectivity index (χ4v) is 1.57. The molecule has 1 aliphatic rings. The van der Waals surface area contributed by atoms with Crippen LogP contribution in [0.2, 0.25) is 0 Å². The van der Waals surface area contributed by atoms with E-state index in [1.807, 2.05) is 6.33 Å². The van der Waals surface area contributed by atoms with Crippen molar-refractivity contribution in [2.45, 2.75) is 26.0 Å². The van der Waals surface area contributed by atoms with Gasteiger partial charge >= 0.3 is 0 Å². The summed E-state index contributed by atoms with van der Waals surface area (Å²) in [5, 5.41) is 0. The molecule has 12 heavy (non-hydrogen) atoms. The van der Waals surface area contributed by atoms with Crippen molar-refractivity contribution >= 4 is 15.9 Å². The number of hydrogen-bond acceptors (Lipinski definition) is 2. The summed E-state index contributed by atoms with van der Waals surface area (Å²) in [6.45, 7) is 3.90. The predicted molar refractivity (Wildman–Crippen MR) is 49.0 cm³/mol. The van der Waals surface area contributed by atoms with E-state index >= 15 is 0 Å². The number of hydrogen-bond donors (Lipinski definition) is 0. The number of halogens is 1. The Hall–Kier alpha value is -0.350. The van der Waals surface area contributed by atoms with Gasteiger partial charge in [-0.25, -0.2) is 4.98 Å². The van der Waals surface area contributed by atoms with Gasteiger partial charge in [-0.2, -0.15) is 0 Å². The van der Waals surface area contributed by atoms with E-state index in [1.54, 1.807) is 0 Å². The molecule has 0 radical (unpaired) electrons. The second-order valence-electron chi connectivity index (χ2n) is 3.05. The van der Waals surface area contributed by atoms with Gasteiger partial charge in [0, 0.05) is 12.3 Å². The lowest BCUT2D eigenvalue weighted by atomic mass is 10.2. The minimum absolute atomic E-state index is 0.407. The molecule has 1 fully saturated rings. The fourth-order valence-electron chi connectivity index (χ4n) is 1.25. The predicted octanol–water partition coefficient (Wildman–Crippen LogP) is 1.74. The third-order valence-corrected chi connectivity index (χ3v) is 3.01. The van der Waals surface area contributed by atoms with E-state index in [-0.39, 0.29) is 0 Å². The van der Waals surface area contributed by atoms with Crippen LogP contribution in [0.25, 0.3) is 0 Å². The summed E-state index contributed by atoms with van der Waals surface area (Å²) in [6, 6.07) is 0. The Morgan fingerprint density at radius 2 is 2.58 bits per heavy atom. The first kappa shape index (κ1) is 8.26. The van der Waals surface area contributed by atoms with Gasteiger partial charge in [-0.1, -0.05) is 0 Å². The number of ether oxygens (including phenoxy) is 1. The van der Waals surface area contributed by atoms with Gasteiger partial charge in [0.25, 0.3) is 0 Å². The maximum Gasteiger partial charge on any atom is 0.126 e. The van der Waals surface area contributed by atoms with Crippen molar-refractivity contribution in [2.24, 2.45) is 0 Å². The van der Waals surface area contributed by atoms with Gasteiger partial charge in [0.2, 0.25) is 0 Å². The van der Waals surface area contributed by atoms with Crippen LogP contribution in [-0.2, 0) is 11.3 Å². The zero-order valence-corrected chi connectivity index (χ0v) is 8.54. The van der Waals surface area contributed by atoms with Crippen molar-refractivity contribution in [1.29, 1.82) is 0 Å². The first-order valence-corrected chi connectivity index (χ1v) is 4.85. The summed E-state index contributed by atoms with van der Waals surface area (Å²) in [5.41, 5.74) is 1.17. The molecule has 2 heterocycles. The molecule has 0 unspecified atom stereocenters. The van der Waals surface area contributed by atoms with E-state index in [0.29, 0.717) is 6.10 Å². The summed E-state index contributed by atoms with van der Waals surface area (Å²) in [6.07, 6.45) is 3.43. The van der Waals surface area contributed by atoms with Crippen molar-refractivity contribution in [3.8, 4) is 0 Å². The molecule has 66 valence electrons. The fraction of sp³-hybridized carbons (Fsp3) is 0.625. The summed E-state index contributed by atoms with van der Waals surface area (Å²) in [7, 11) is 0. The molecule has 2 rings (SSSR count). The molecule has 0 bridgehead atoms. The van der Waals surface area contributed by atoms with Crippen molar-refractivity contribution in [2.75, 3.05) is 6.61 Å². The monoisotopic (exact) mass is 230 g/mol. The van der Waals surface area contributed by atoms with Crippen LogP contribution >= 0.6 is 15.9 Å². The van der Waals surface area contributed by atoms with Crippen LogP contribution in [0.1, 0.15) is 12.1 Å². The van der Waals surface area contributed by atoms with Crippen LogP contribution in [0.3, 0.4) is 0 Å². The molecular weight excluding hydrogens is 220 g/mol. The normalized spacial score (nSPS) is 22.3. The number of rotatable bonds is 2. The van der Waals surface area contributed by atoms with Gasteiger partial charge < -0.3 is 9.30 Å². The highest BCUT2D eigenvalue weighted by Crippen LogP contribution is 2.17. The summed E-state index contributed by atoms with van der Waals surface area (Å²) in [4.78, 5) is 4.15. The molecule has 0 aliphatic carbocycles. The molecule has 1 aromatic rings. The standard InChI is InChI=1S/C8H11BrN2O/c1-6-8(9)10-5-11(6)4-7-2-3-12-7/h5,7H,2-4H2,1H3/t7-/m0/s1. The molecule has 0 spiro atoms. The maximum absolute atomic E-state index is 5.33. The maximum atomic E-state index is 5.33. The van der Waals surface area contributed by atoms with Crippen LogP contribution in [0.15, 0.2) is 10.9 Å². The van der Waals surface area contributed by atoms with Gasteiger partial charge in [0.15, 0.2) is 0 Å². The lowest BCUT2D eigenvalue weighted by Gasteiger charge is -2.26. The first-order valence-electron chi connectivity index (χ1n) is 4.06. The van der Waals surface area contributed by atoms with Crippen LogP contribution in [0.5, 0.6) is 0 Å². The molecule has 1 aromatic heterocycles. The highest BCUT2D eigenvalue weighted by atomic mass is 79.9. The number of imidazole rings is 1. The van der Waals surface area contributed by atoms with Crippen LogP contribution in [0.4, 0.5) is 0 Å². The summed E-state index contributed by atoms with van der Waals surface area (Å²) >= 11 is 3.37. The Bertz CT molecular complexity index is 281. The molecule has 0 N–H and O–H groups in total. The molecule has 1 atom stereocenters. The number of aromatic nitrogens is 2. The zero-order valence-electron chi connectivity index (χ0n) is 6.96. The molecule has 3 nitrogen and oxygen atoms in total. The van der Waals surface area contributed by atoms with Crippen LogP contribution in [0, 0.1) is 6.92 Å². The van der Waals surface area contributed by atoms with Crippen LogP contribution in [-0.4, -0.2) is 22.3 Å². The topological polar surface area (TPSA) is 27.1 Å². The minimum Gasteiger partial charge on any atom is -0.376 e.